The van der Waals surface area contributed by atoms with Gasteiger partial charge in [-0.3, -0.25) is 4.79 Å². The summed E-state index contributed by atoms with van der Waals surface area (Å²) in [4.78, 5) is 11.0. The Bertz CT molecular complexity index is 553. The SMILES string of the molecule is COC(=O)CCS(=O)(=O)N(C)C(C)c1ccc(O)cc1. The van der Waals surface area contributed by atoms with E-state index < -0.39 is 22.0 Å². The first-order valence-corrected chi connectivity index (χ1v) is 7.70. The Hall–Kier alpha value is -1.60. The van der Waals surface area contributed by atoms with Crippen molar-refractivity contribution in [2.75, 3.05) is 19.9 Å². The summed E-state index contributed by atoms with van der Waals surface area (Å²) in [6.07, 6.45) is -0.175. The van der Waals surface area contributed by atoms with Crippen LogP contribution in [-0.2, 0) is 19.6 Å². The number of carbonyl (C=O) groups excluding carboxylic acids is 1. The van der Waals surface area contributed by atoms with Gasteiger partial charge in [0.2, 0.25) is 10.0 Å². The summed E-state index contributed by atoms with van der Waals surface area (Å²) < 4.78 is 29.8. The first-order valence-electron chi connectivity index (χ1n) is 6.09. The zero-order chi connectivity index (χ0) is 15.3. The maximum absolute atomic E-state index is 12.1. The first kappa shape index (κ1) is 16.5. The molecule has 1 unspecified atom stereocenters. The Morgan fingerprint density at radius 2 is 1.90 bits per heavy atom. The third-order valence-corrected chi connectivity index (χ3v) is 5.07. The average Bonchev–Trinajstić information content (AvgIpc) is 2.44. The molecule has 0 saturated heterocycles. The molecule has 0 bridgehead atoms. The molecule has 1 aromatic rings. The lowest BCUT2D eigenvalue weighted by molar-refractivity contribution is -0.140. The number of phenolic OH excluding ortho intramolecular Hbond substituents is 1. The van der Waals surface area contributed by atoms with E-state index in [1.165, 1.54) is 30.6 Å². The van der Waals surface area contributed by atoms with E-state index in [2.05, 4.69) is 4.74 Å². The van der Waals surface area contributed by atoms with E-state index in [4.69, 9.17) is 0 Å². The van der Waals surface area contributed by atoms with E-state index in [-0.39, 0.29) is 17.9 Å². The van der Waals surface area contributed by atoms with E-state index in [0.717, 1.165) is 5.56 Å². The lowest BCUT2D eigenvalue weighted by atomic mass is 10.1. The number of benzene rings is 1. The minimum Gasteiger partial charge on any atom is -0.508 e. The van der Waals surface area contributed by atoms with Gasteiger partial charge in [-0.2, -0.15) is 4.31 Å². The molecule has 0 radical (unpaired) electrons. The van der Waals surface area contributed by atoms with Gasteiger partial charge in [0.25, 0.3) is 0 Å². The van der Waals surface area contributed by atoms with Crippen LogP contribution in [0.4, 0.5) is 0 Å². The molecule has 0 fully saturated rings. The molecule has 0 aliphatic rings. The number of methoxy groups -OCH3 is 1. The van der Waals surface area contributed by atoms with Gasteiger partial charge < -0.3 is 9.84 Å². The topological polar surface area (TPSA) is 83.9 Å². The Morgan fingerprint density at radius 3 is 2.40 bits per heavy atom. The molecule has 20 heavy (non-hydrogen) atoms. The largest absolute Gasteiger partial charge is 0.508 e. The van der Waals surface area contributed by atoms with Crippen molar-refractivity contribution >= 4 is 16.0 Å². The number of esters is 1. The van der Waals surface area contributed by atoms with E-state index in [9.17, 15) is 18.3 Å². The van der Waals surface area contributed by atoms with E-state index in [1.807, 2.05) is 0 Å². The predicted octanol–water partition coefficient (Wildman–Crippen LogP) is 1.28. The van der Waals surface area contributed by atoms with Crippen molar-refractivity contribution in [3.63, 3.8) is 0 Å². The molecule has 1 N–H and O–H groups in total. The molecular weight excluding hydrogens is 282 g/mol. The Morgan fingerprint density at radius 1 is 1.35 bits per heavy atom. The maximum atomic E-state index is 12.1. The third kappa shape index (κ3) is 4.21. The molecule has 1 atom stereocenters. The highest BCUT2D eigenvalue weighted by atomic mass is 32.2. The molecule has 112 valence electrons. The molecule has 6 nitrogen and oxygen atoms in total. The first-order chi connectivity index (χ1) is 9.27. The summed E-state index contributed by atoms with van der Waals surface area (Å²) in [5, 5.41) is 9.23. The molecule has 0 spiro atoms. The van der Waals surface area contributed by atoms with Gasteiger partial charge in [-0.1, -0.05) is 12.1 Å². The molecular formula is C13H19NO5S. The van der Waals surface area contributed by atoms with Crippen molar-refractivity contribution in [1.82, 2.24) is 4.31 Å². The molecule has 0 heterocycles. The predicted molar refractivity (Wildman–Crippen MR) is 74.7 cm³/mol. The van der Waals surface area contributed by atoms with Crippen molar-refractivity contribution in [3.8, 4) is 5.75 Å². The summed E-state index contributed by atoms with van der Waals surface area (Å²) in [6, 6.07) is 5.93. The molecule has 0 saturated carbocycles. The number of rotatable bonds is 6. The maximum Gasteiger partial charge on any atom is 0.306 e. The van der Waals surface area contributed by atoms with Crippen LogP contribution in [0, 0.1) is 0 Å². The van der Waals surface area contributed by atoms with Crippen LogP contribution in [0.1, 0.15) is 24.9 Å². The van der Waals surface area contributed by atoms with Crippen LogP contribution in [0.25, 0.3) is 0 Å². The Labute approximate surface area is 119 Å². The number of hydrogen-bond donors (Lipinski definition) is 1. The number of sulfonamides is 1. The standard InChI is InChI=1S/C13H19NO5S/c1-10(11-4-6-12(15)7-5-11)14(2)20(17,18)9-8-13(16)19-3/h4-7,10,15H,8-9H2,1-3H3. The molecule has 0 aromatic heterocycles. The summed E-state index contributed by atoms with van der Waals surface area (Å²) >= 11 is 0. The fourth-order valence-corrected chi connectivity index (χ4v) is 2.98. The highest BCUT2D eigenvalue weighted by molar-refractivity contribution is 7.89. The molecule has 0 amide bonds. The summed E-state index contributed by atoms with van der Waals surface area (Å²) in [7, 11) is -0.871. The van der Waals surface area contributed by atoms with Crippen LogP contribution in [0.5, 0.6) is 5.75 Å². The van der Waals surface area contributed by atoms with Crippen LogP contribution in [-0.4, -0.2) is 43.7 Å². The average molecular weight is 301 g/mol. The quantitative estimate of drug-likeness (QED) is 0.800. The number of hydrogen-bond acceptors (Lipinski definition) is 5. The second-order valence-corrected chi connectivity index (χ2v) is 6.57. The molecule has 1 rings (SSSR count). The fourth-order valence-electron chi connectivity index (χ4n) is 1.66. The highest BCUT2D eigenvalue weighted by Crippen LogP contribution is 2.23. The zero-order valence-corrected chi connectivity index (χ0v) is 12.6. The minimum absolute atomic E-state index is 0.122. The highest BCUT2D eigenvalue weighted by Gasteiger charge is 2.25. The second kappa shape index (κ2) is 6.71. The van der Waals surface area contributed by atoms with Gasteiger partial charge in [0.05, 0.1) is 19.3 Å². The second-order valence-electron chi connectivity index (χ2n) is 4.43. The van der Waals surface area contributed by atoms with Gasteiger partial charge in [0, 0.05) is 13.1 Å². The lowest BCUT2D eigenvalue weighted by Crippen LogP contribution is -2.32. The summed E-state index contributed by atoms with van der Waals surface area (Å²) in [6.45, 7) is 1.74. The van der Waals surface area contributed by atoms with Crippen LogP contribution in [0.15, 0.2) is 24.3 Å². The number of aromatic hydroxyl groups is 1. The third-order valence-electron chi connectivity index (χ3n) is 3.15. The van der Waals surface area contributed by atoms with Crippen LogP contribution in [0.2, 0.25) is 0 Å². The van der Waals surface area contributed by atoms with Crippen LogP contribution >= 0.6 is 0 Å². The van der Waals surface area contributed by atoms with Crippen molar-refractivity contribution in [1.29, 1.82) is 0 Å². The molecule has 1 aromatic carbocycles. The van der Waals surface area contributed by atoms with Gasteiger partial charge in [-0.05, 0) is 24.6 Å². The van der Waals surface area contributed by atoms with Gasteiger partial charge in [-0.15, -0.1) is 0 Å². The van der Waals surface area contributed by atoms with Crippen molar-refractivity contribution in [3.05, 3.63) is 29.8 Å². The number of ether oxygens (including phenoxy) is 1. The minimum atomic E-state index is -3.55. The zero-order valence-electron chi connectivity index (χ0n) is 11.7. The van der Waals surface area contributed by atoms with E-state index in [1.54, 1.807) is 19.1 Å². The summed E-state index contributed by atoms with van der Waals surface area (Å²) in [5.41, 5.74) is 0.756. The lowest BCUT2D eigenvalue weighted by Gasteiger charge is -2.24. The Balaban J connectivity index is 2.79. The van der Waals surface area contributed by atoms with E-state index in [0.29, 0.717) is 0 Å². The molecule has 0 aliphatic carbocycles. The number of phenols is 1. The Kier molecular flexibility index (Phi) is 5.52. The number of carbonyl (C=O) groups is 1. The van der Waals surface area contributed by atoms with E-state index >= 15 is 0 Å². The molecule has 7 heteroatoms. The van der Waals surface area contributed by atoms with Crippen LogP contribution in [0.3, 0.4) is 0 Å². The monoisotopic (exact) mass is 301 g/mol. The van der Waals surface area contributed by atoms with Crippen LogP contribution < -0.4 is 0 Å². The van der Waals surface area contributed by atoms with Gasteiger partial charge in [0.15, 0.2) is 0 Å². The van der Waals surface area contributed by atoms with Gasteiger partial charge >= 0.3 is 5.97 Å². The number of nitrogens with zero attached hydrogens (tertiary/aromatic N) is 1. The molecule has 0 aliphatic heterocycles. The summed E-state index contributed by atoms with van der Waals surface area (Å²) in [5.74, 6) is -0.727. The van der Waals surface area contributed by atoms with Gasteiger partial charge in [-0.25, -0.2) is 8.42 Å². The van der Waals surface area contributed by atoms with Gasteiger partial charge in [0.1, 0.15) is 5.75 Å². The van der Waals surface area contributed by atoms with Crippen molar-refractivity contribution in [2.45, 2.75) is 19.4 Å². The normalized spacial score (nSPS) is 13.2. The fraction of sp³-hybridized carbons (Fsp3) is 0.462. The van der Waals surface area contributed by atoms with Crippen molar-refractivity contribution < 1.29 is 23.1 Å². The van der Waals surface area contributed by atoms with Crippen molar-refractivity contribution in [2.24, 2.45) is 0 Å². The smallest absolute Gasteiger partial charge is 0.306 e.